The lowest BCUT2D eigenvalue weighted by Gasteiger charge is -2.12. The van der Waals surface area contributed by atoms with Gasteiger partial charge in [0.2, 0.25) is 0 Å². The van der Waals surface area contributed by atoms with Crippen LogP contribution in [-0.2, 0) is 25.4 Å². The summed E-state index contributed by atoms with van der Waals surface area (Å²) in [6, 6.07) is 0. The Labute approximate surface area is 120 Å². The number of aryl methyl sites for hydroxylation is 2. The Hall–Kier alpha value is -2.38. The van der Waals surface area contributed by atoms with Crippen LogP contribution in [0.4, 0.5) is 0 Å². The molecule has 114 valence electrons. The van der Waals surface area contributed by atoms with E-state index in [4.69, 9.17) is 5.11 Å². The van der Waals surface area contributed by atoms with Crippen molar-refractivity contribution in [1.29, 1.82) is 0 Å². The molecule has 1 N–H and O–H groups in total. The van der Waals surface area contributed by atoms with Crippen molar-refractivity contribution in [3.05, 3.63) is 27.2 Å². The van der Waals surface area contributed by atoms with Crippen molar-refractivity contribution in [3.63, 3.8) is 0 Å². The van der Waals surface area contributed by atoms with Gasteiger partial charge in [0.05, 0.1) is 12.2 Å². The van der Waals surface area contributed by atoms with Crippen LogP contribution in [-0.4, -0.2) is 29.8 Å². The highest BCUT2D eigenvalue weighted by Gasteiger charge is 2.18. The number of carbonyl (C=O) groups is 1. The summed E-state index contributed by atoms with van der Waals surface area (Å²) in [6.07, 6.45) is 2.17. The predicted octanol–water partition coefficient (Wildman–Crippen LogP) is -0.0654. The molecule has 0 spiro atoms. The lowest BCUT2D eigenvalue weighted by atomic mass is 10.0. The van der Waals surface area contributed by atoms with Gasteiger partial charge in [0.15, 0.2) is 11.2 Å². The van der Waals surface area contributed by atoms with Gasteiger partial charge in [-0.2, -0.15) is 0 Å². The molecule has 0 aliphatic heterocycles. The van der Waals surface area contributed by atoms with Gasteiger partial charge in [0, 0.05) is 20.6 Å². The van der Waals surface area contributed by atoms with Crippen LogP contribution in [0.25, 0.3) is 11.2 Å². The molecule has 21 heavy (non-hydrogen) atoms. The minimum Gasteiger partial charge on any atom is -0.481 e. The Morgan fingerprint density at radius 1 is 1.38 bits per heavy atom. The summed E-state index contributed by atoms with van der Waals surface area (Å²) >= 11 is 0. The topological polar surface area (TPSA) is 99.1 Å². The van der Waals surface area contributed by atoms with Crippen molar-refractivity contribution in [2.24, 2.45) is 20.0 Å². The second-order valence-electron chi connectivity index (χ2n) is 5.06. The summed E-state index contributed by atoms with van der Waals surface area (Å²) in [6.45, 7) is 1.85. The fourth-order valence-corrected chi connectivity index (χ4v) is 2.38. The molecule has 0 radical (unpaired) electrons. The Bertz CT molecular complexity index is 799. The molecule has 0 fully saturated rings. The van der Waals surface area contributed by atoms with E-state index in [0.717, 1.165) is 4.57 Å². The molecule has 0 saturated heterocycles. The van der Waals surface area contributed by atoms with Crippen molar-refractivity contribution in [2.45, 2.75) is 26.3 Å². The second-order valence-corrected chi connectivity index (χ2v) is 5.06. The molecule has 0 aliphatic carbocycles. The van der Waals surface area contributed by atoms with Crippen LogP contribution in [0.15, 0.2) is 15.9 Å². The summed E-state index contributed by atoms with van der Waals surface area (Å²) in [7, 11) is 3.22. The molecule has 2 rings (SSSR count). The molecule has 1 unspecified atom stereocenters. The van der Waals surface area contributed by atoms with Gasteiger partial charge in [-0.15, -0.1) is 0 Å². The highest BCUT2D eigenvalue weighted by molar-refractivity contribution is 5.70. The van der Waals surface area contributed by atoms with Crippen molar-refractivity contribution in [1.82, 2.24) is 18.7 Å². The molecular weight excluding hydrogens is 276 g/mol. The number of aliphatic carboxylic acids is 1. The van der Waals surface area contributed by atoms with E-state index in [0.29, 0.717) is 17.6 Å². The van der Waals surface area contributed by atoms with Crippen molar-refractivity contribution >= 4 is 17.1 Å². The molecule has 0 aliphatic rings. The second kappa shape index (κ2) is 5.55. The van der Waals surface area contributed by atoms with Crippen LogP contribution >= 0.6 is 0 Å². The summed E-state index contributed by atoms with van der Waals surface area (Å²) in [5.74, 6) is -1.48. The number of aromatic nitrogens is 4. The van der Waals surface area contributed by atoms with Gasteiger partial charge in [-0.05, 0) is 12.8 Å². The first kappa shape index (κ1) is 15.0. The normalized spacial score (nSPS) is 12.7. The van der Waals surface area contributed by atoms with Crippen LogP contribution in [0.3, 0.4) is 0 Å². The van der Waals surface area contributed by atoms with E-state index < -0.39 is 23.1 Å². The molecule has 1 atom stereocenters. The molecule has 0 amide bonds. The summed E-state index contributed by atoms with van der Waals surface area (Å²) in [4.78, 5) is 39.7. The first-order chi connectivity index (χ1) is 9.88. The van der Waals surface area contributed by atoms with Crippen molar-refractivity contribution in [3.8, 4) is 0 Å². The minimum atomic E-state index is -0.913. The zero-order valence-corrected chi connectivity index (χ0v) is 12.2. The molecular formula is C13H18N4O4. The average Bonchev–Trinajstić information content (AvgIpc) is 2.82. The molecule has 2 heterocycles. The Balaban J connectivity index is 2.50. The number of hydrogen-bond acceptors (Lipinski definition) is 4. The summed E-state index contributed by atoms with van der Waals surface area (Å²) in [5.41, 5.74) is -0.255. The van der Waals surface area contributed by atoms with Crippen LogP contribution in [0.1, 0.15) is 19.8 Å². The van der Waals surface area contributed by atoms with Gasteiger partial charge in [-0.1, -0.05) is 6.92 Å². The third-order valence-corrected chi connectivity index (χ3v) is 3.74. The highest BCUT2D eigenvalue weighted by Crippen LogP contribution is 2.09. The smallest absolute Gasteiger partial charge is 0.332 e. The van der Waals surface area contributed by atoms with Crippen LogP contribution in [0, 0.1) is 5.92 Å². The van der Waals surface area contributed by atoms with Gasteiger partial charge < -0.3 is 9.67 Å². The Kier molecular flexibility index (Phi) is 3.97. The number of fused-ring (bicyclic) bond motifs is 1. The largest absolute Gasteiger partial charge is 0.481 e. The van der Waals surface area contributed by atoms with Gasteiger partial charge in [0.25, 0.3) is 5.56 Å². The standard InChI is InChI=1S/C13H18N4O4/c1-4-8(12(19)20)5-6-17-11(18)9-10(14-7-15(9)2)16(3)13(17)21/h7-8H,4-6H2,1-3H3,(H,19,20). The lowest BCUT2D eigenvalue weighted by molar-refractivity contribution is -0.142. The van der Waals surface area contributed by atoms with Crippen molar-refractivity contribution in [2.75, 3.05) is 0 Å². The Morgan fingerprint density at radius 2 is 2.05 bits per heavy atom. The number of imidazole rings is 1. The van der Waals surface area contributed by atoms with E-state index in [9.17, 15) is 14.4 Å². The van der Waals surface area contributed by atoms with E-state index in [1.807, 2.05) is 0 Å². The number of nitrogens with zero attached hydrogens (tertiary/aromatic N) is 4. The summed E-state index contributed by atoms with van der Waals surface area (Å²) < 4.78 is 3.94. The van der Waals surface area contributed by atoms with E-state index in [1.54, 1.807) is 25.6 Å². The van der Waals surface area contributed by atoms with Crippen LogP contribution in [0.2, 0.25) is 0 Å². The number of rotatable bonds is 5. The predicted molar refractivity (Wildman–Crippen MR) is 76.2 cm³/mol. The first-order valence-corrected chi connectivity index (χ1v) is 6.72. The molecule has 2 aromatic heterocycles. The fourth-order valence-electron chi connectivity index (χ4n) is 2.38. The van der Waals surface area contributed by atoms with E-state index in [-0.39, 0.29) is 13.0 Å². The lowest BCUT2D eigenvalue weighted by Crippen LogP contribution is -2.40. The maximum atomic E-state index is 12.4. The molecule has 0 bridgehead atoms. The maximum absolute atomic E-state index is 12.4. The maximum Gasteiger partial charge on any atom is 0.332 e. The van der Waals surface area contributed by atoms with Gasteiger partial charge in [-0.25, -0.2) is 9.78 Å². The molecule has 8 nitrogen and oxygen atoms in total. The van der Waals surface area contributed by atoms with E-state index >= 15 is 0 Å². The quantitative estimate of drug-likeness (QED) is 0.832. The van der Waals surface area contributed by atoms with Crippen LogP contribution in [0.5, 0.6) is 0 Å². The van der Waals surface area contributed by atoms with Crippen LogP contribution < -0.4 is 11.2 Å². The number of carboxylic acids is 1. The minimum absolute atomic E-state index is 0.0808. The zero-order valence-electron chi connectivity index (χ0n) is 12.2. The average molecular weight is 294 g/mol. The zero-order chi connectivity index (χ0) is 15.7. The third-order valence-electron chi connectivity index (χ3n) is 3.74. The van der Waals surface area contributed by atoms with E-state index in [2.05, 4.69) is 4.98 Å². The molecule has 8 heteroatoms. The van der Waals surface area contributed by atoms with Gasteiger partial charge in [0.1, 0.15) is 0 Å². The Morgan fingerprint density at radius 3 is 2.62 bits per heavy atom. The number of hydrogen-bond donors (Lipinski definition) is 1. The van der Waals surface area contributed by atoms with Gasteiger partial charge >= 0.3 is 11.7 Å². The molecule has 2 aromatic rings. The van der Waals surface area contributed by atoms with Gasteiger partial charge in [-0.3, -0.25) is 18.7 Å². The highest BCUT2D eigenvalue weighted by atomic mass is 16.4. The third kappa shape index (κ3) is 2.48. The summed E-state index contributed by atoms with van der Waals surface area (Å²) in [5, 5.41) is 9.04. The fraction of sp³-hybridized carbons (Fsp3) is 0.538. The molecule has 0 saturated carbocycles. The monoisotopic (exact) mass is 294 g/mol. The van der Waals surface area contributed by atoms with E-state index in [1.165, 1.54) is 10.9 Å². The molecule has 0 aromatic carbocycles. The number of carboxylic acid groups (broad SMARTS) is 1. The first-order valence-electron chi connectivity index (χ1n) is 6.72. The SMILES string of the molecule is CCC(CCn1c(=O)c2c(ncn2C)n(C)c1=O)C(=O)O. The van der Waals surface area contributed by atoms with Crippen molar-refractivity contribution < 1.29 is 9.90 Å².